The van der Waals surface area contributed by atoms with Gasteiger partial charge in [0.15, 0.2) is 0 Å². The van der Waals surface area contributed by atoms with Gasteiger partial charge in [0.05, 0.1) is 0 Å². The molecule has 21 heavy (non-hydrogen) atoms. The highest BCUT2D eigenvalue weighted by atomic mass is 32.2. The normalized spacial score (nSPS) is 11.9. The third-order valence-electron chi connectivity index (χ3n) is 3.01. The van der Waals surface area contributed by atoms with Crippen LogP contribution in [0.3, 0.4) is 0 Å². The number of hydrogen-bond acceptors (Lipinski definition) is 4. The van der Waals surface area contributed by atoms with Crippen LogP contribution in [0.5, 0.6) is 0 Å². The van der Waals surface area contributed by atoms with Gasteiger partial charge in [-0.2, -0.15) is 13.2 Å². The van der Waals surface area contributed by atoms with Gasteiger partial charge in [-0.1, -0.05) is 29.5 Å². The Balaban J connectivity index is 2.13. The molecule has 0 unspecified atom stereocenters. The number of alkyl halides is 3. The van der Waals surface area contributed by atoms with E-state index in [1.165, 1.54) is 17.3 Å². The number of halogens is 3. The van der Waals surface area contributed by atoms with Crippen LogP contribution in [0.2, 0.25) is 0 Å². The van der Waals surface area contributed by atoms with E-state index in [2.05, 4.69) is 27.7 Å². The Labute approximate surface area is 124 Å². The summed E-state index contributed by atoms with van der Waals surface area (Å²) in [5, 5.41) is 10.5. The van der Waals surface area contributed by atoms with Gasteiger partial charge in [0.2, 0.25) is 5.16 Å². The number of rotatable bonds is 4. The summed E-state index contributed by atoms with van der Waals surface area (Å²) in [6.07, 6.45) is -4.33. The van der Waals surface area contributed by atoms with Gasteiger partial charge in [0.1, 0.15) is 6.54 Å². The lowest BCUT2D eigenvalue weighted by Gasteiger charge is -2.11. The fraction of sp³-hybridized carbons (Fsp3) is 0.462. The van der Waals surface area contributed by atoms with Crippen molar-refractivity contribution in [1.82, 2.24) is 20.2 Å². The third kappa shape index (κ3) is 4.20. The second-order valence-corrected chi connectivity index (χ2v) is 5.84. The topological polar surface area (TPSA) is 43.6 Å². The first-order chi connectivity index (χ1) is 9.76. The summed E-state index contributed by atoms with van der Waals surface area (Å²) < 4.78 is 38.0. The largest absolute Gasteiger partial charge is 0.408 e. The summed E-state index contributed by atoms with van der Waals surface area (Å²) in [6, 6.07) is 4.11. The predicted molar refractivity (Wildman–Crippen MR) is 74.1 cm³/mol. The average molecular weight is 316 g/mol. The summed E-state index contributed by atoms with van der Waals surface area (Å²) in [7, 11) is 0. The van der Waals surface area contributed by atoms with Crippen LogP contribution in [-0.4, -0.2) is 26.4 Å². The fourth-order valence-electron chi connectivity index (χ4n) is 2.14. The molecule has 0 radical (unpaired) electrons. The first-order valence-corrected chi connectivity index (χ1v) is 7.27. The SMILES string of the molecule is Cc1cc(C)c(CSc2nnnn2CC(F)(F)F)c(C)c1. The van der Waals surface area contributed by atoms with E-state index >= 15 is 0 Å². The average Bonchev–Trinajstić information content (AvgIpc) is 2.72. The molecule has 0 N–H and O–H groups in total. The number of benzene rings is 1. The smallest absolute Gasteiger partial charge is 0.211 e. The van der Waals surface area contributed by atoms with Gasteiger partial charge < -0.3 is 0 Å². The highest BCUT2D eigenvalue weighted by Gasteiger charge is 2.30. The van der Waals surface area contributed by atoms with Gasteiger partial charge in [-0.15, -0.1) is 5.10 Å². The second kappa shape index (κ2) is 6.05. The maximum absolute atomic E-state index is 12.4. The van der Waals surface area contributed by atoms with Gasteiger partial charge in [-0.25, -0.2) is 4.68 Å². The van der Waals surface area contributed by atoms with Crippen molar-refractivity contribution in [1.29, 1.82) is 0 Å². The van der Waals surface area contributed by atoms with Crippen molar-refractivity contribution in [2.24, 2.45) is 0 Å². The molecule has 4 nitrogen and oxygen atoms in total. The van der Waals surface area contributed by atoms with Crippen molar-refractivity contribution in [2.45, 2.75) is 44.4 Å². The Bertz CT molecular complexity index is 614. The van der Waals surface area contributed by atoms with Crippen LogP contribution in [0.15, 0.2) is 17.3 Å². The summed E-state index contributed by atoms with van der Waals surface area (Å²) in [5.74, 6) is 0.538. The van der Waals surface area contributed by atoms with E-state index in [1.54, 1.807) is 0 Å². The van der Waals surface area contributed by atoms with E-state index in [0.29, 0.717) is 5.75 Å². The lowest BCUT2D eigenvalue weighted by molar-refractivity contribution is -0.144. The first-order valence-electron chi connectivity index (χ1n) is 6.28. The second-order valence-electron chi connectivity index (χ2n) is 4.90. The van der Waals surface area contributed by atoms with Crippen molar-refractivity contribution in [2.75, 3.05) is 0 Å². The minimum atomic E-state index is -4.33. The number of tetrazole rings is 1. The molecule has 8 heteroatoms. The number of thioether (sulfide) groups is 1. The minimum Gasteiger partial charge on any atom is -0.211 e. The minimum absolute atomic E-state index is 0.173. The van der Waals surface area contributed by atoms with Crippen LogP contribution in [-0.2, 0) is 12.3 Å². The van der Waals surface area contributed by atoms with Crippen LogP contribution < -0.4 is 0 Å². The molecule has 1 aromatic heterocycles. The number of nitrogens with zero attached hydrogens (tertiary/aromatic N) is 4. The predicted octanol–water partition coefficient (Wildman–Crippen LogP) is 3.45. The van der Waals surface area contributed by atoms with Crippen LogP contribution in [0.1, 0.15) is 22.3 Å². The molecule has 0 amide bonds. The van der Waals surface area contributed by atoms with Crippen molar-refractivity contribution >= 4 is 11.8 Å². The zero-order chi connectivity index (χ0) is 15.6. The summed E-state index contributed by atoms with van der Waals surface area (Å²) in [4.78, 5) is 0. The Kier molecular flexibility index (Phi) is 4.55. The Morgan fingerprint density at radius 3 is 2.33 bits per heavy atom. The van der Waals surface area contributed by atoms with Crippen molar-refractivity contribution in [3.8, 4) is 0 Å². The molecule has 2 aromatic rings. The highest BCUT2D eigenvalue weighted by molar-refractivity contribution is 7.98. The Morgan fingerprint density at radius 2 is 1.76 bits per heavy atom. The van der Waals surface area contributed by atoms with Crippen LogP contribution >= 0.6 is 11.8 Å². The summed E-state index contributed by atoms with van der Waals surface area (Å²) in [5.41, 5.74) is 4.51. The number of hydrogen-bond donors (Lipinski definition) is 0. The molecule has 0 spiro atoms. The van der Waals surface area contributed by atoms with E-state index in [-0.39, 0.29) is 5.16 Å². The quantitative estimate of drug-likeness (QED) is 0.810. The Morgan fingerprint density at radius 1 is 1.14 bits per heavy atom. The van der Waals surface area contributed by atoms with E-state index in [9.17, 15) is 13.2 Å². The Hall–Kier alpha value is -1.57. The fourth-order valence-corrected chi connectivity index (χ4v) is 3.22. The molecule has 0 aliphatic carbocycles. The molecule has 0 saturated heterocycles. The zero-order valence-electron chi connectivity index (χ0n) is 11.9. The molecule has 0 bridgehead atoms. The van der Waals surface area contributed by atoms with Gasteiger partial charge >= 0.3 is 6.18 Å². The first kappa shape index (κ1) is 15.8. The molecule has 0 aliphatic heterocycles. The molecule has 0 saturated carbocycles. The monoisotopic (exact) mass is 316 g/mol. The molecular weight excluding hydrogens is 301 g/mol. The molecule has 0 fully saturated rings. The lowest BCUT2D eigenvalue weighted by atomic mass is 10.0. The number of aromatic nitrogens is 4. The van der Waals surface area contributed by atoms with Crippen molar-refractivity contribution < 1.29 is 13.2 Å². The number of aryl methyl sites for hydroxylation is 3. The van der Waals surface area contributed by atoms with E-state index in [0.717, 1.165) is 21.4 Å². The molecule has 0 aliphatic rings. The van der Waals surface area contributed by atoms with Gasteiger partial charge in [-0.3, -0.25) is 0 Å². The summed E-state index contributed by atoms with van der Waals surface area (Å²) >= 11 is 1.21. The van der Waals surface area contributed by atoms with E-state index in [1.807, 2.05) is 20.8 Å². The van der Waals surface area contributed by atoms with Gasteiger partial charge in [0.25, 0.3) is 0 Å². The van der Waals surface area contributed by atoms with Gasteiger partial charge in [0, 0.05) is 5.75 Å². The van der Waals surface area contributed by atoms with Crippen LogP contribution in [0.25, 0.3) is 0 Å². The van der Waals surface area contributed by atoms with Crippen LogP contribution in [0.4, 0.5) is 13.2 Å². The lowest BCUT2D eigenvalue weighted by Crippen LogP contribution is -2.19. The zero-order valence-corrected chi connectivity index (χ0v) is 12.7. The maximum Gasteiger partial charge on any atom is 0.408 e. The van der Waals surface area contributed by atoms with E-state index in [4.69, 9.17) is 0 Å². The van der Waals surface area contributed by atoms with Crippen molar-refractivity contribution in [3.05, 3.63) is 34.4 Å². The molecular formula is C13H15F3N4S. The molecule has 114 valence electrons. The van der Waals surface area contributed by atoms with Gasteiger partial charge in [-0.05, 0) is 47.9 Å². The molecule has 1 aromatic carbocycles. The molecule has 2 rings (SSSR count). The van der Waals surface area contributed by atoms with Crippen molar-refractivity contribution in [3.63, 3.8) is 0 Å². The molecule has 0 atom stereocenters. The van der Waals surface area contributed by atoms with E-state index < -0.39 is 12.7 Å². The third-order valence-corrected chi connectivity index (χ3v) is 4.00. The van der Waals surface area contributed by atoms with Crippen LogP contribution in [0, 0.1) is 20.8 Å². The molecule has 1 heterocycles. The standard InChI is InChI=1S/C13H15F3N4S/c1-8-4-9(2)11(10(3)5-8)6-21-12-17-18-19-20(12)7-13(14,15)16/h4-5H,6-7H2,1-3H3. The summed E-state index contributed by atoms with van der Waals surface area (Å²) in [6.45, 7) is 4.83. The maximum atomic E-state index is 12.4. The highest BCUT2D eigenvalue weighted by Crippen LogP contribution is 2.27.